The van der Waals surface area contributed by atoms with Crippen LogP contribution in [0.4, 0.5) is 5.82 Å². The topological polar surface area (TPSA) is 87.3 Å². The molecule has 5 heterocycles. The second kappa shape index (κ2) is 8.99. The van der Waals surface area contributed by atoms with Crippen LogP contribution in [-0.4, -0.2) is 64.7 Å². The average Bonchev–Trinajstić information content (AvgIpc) is 2.82. The maximum absolute atomic E-state index is 12.4. The number of ether oxygens (including phenoxy) is 1. The number of nitriles is 1. The van der Waals surface area contributed by atoms with E-state index in [2.05, 4.69) is 21.0 Å². The molecule has 3 aliphatic rings. The third-order valence-corrected chi connectivity index (χ3v) is 7.24. The zero-order valence-corrected chi connectivity index (χ0v) is 18.4. The Labute approximate surface area is 185 Å². The molecule has 3 aliphatic heterocycles. The number of hydrogen-bond acceptors (Lipinski definition) is 8. The Morgan fingerprint density at radius 2 is 1.97 bits per heavy atom. The lowest BCUT2D eigenvalue weighted by atomic mass is 10.1. The van der Waals surface area contributed by atoms with Crippen LogP contribution in [0, 0.1) is 11.3 Å². The highest BCUT2D eigenvalue weighted by Crippen LogP contribution is 2.25. The van der Waals surface area contributed by atoms with E-state index in [0.29, 0.717) is 25.3 Å². The molecule has 162 valence electrons. The first kappa shape index (κ1) is 20.5. The number of anilines is 1. The van der Waals surface area contributed by atoms with Crippen LogP contribution >= 0.6 is 11.8 Å². The predicted octanol–water partition coefficient (Wildman–Crippen LogP) is 1.19. The molecule has 5 rings (SSSR count). The number of nitrogens with zero attached hydrogens (tertiary/aromatic N) is 6. The van der Waals surface area contributed by atoms with Crippen molar-refractivity contribution in [3.63, 3.8) is 0 Å². The van der Waals surface area contributed by atoms with Crippen molar-refractivity contribution >= 4 is 17.6 Å². The van der Waals surface area contributed by atoms with Gasteiger partial charge >= 0.3 is 0 Å². The molecule has 0 spiro atoms. The fourth-order valence-electron chi connectivity index (χ4n) is 4.43. The first-order valence-electron chi connectivity index (χ1n) is 10.9. The molecule has 9 heteroatoms. The number of piperazine rings is 1. The molecule has 0 bridgehead atoms. The molecule has 1 fully saturated rings. The number of thioether (sulfide) groups is 1. The van der Waals surface area contributed by atoms with Gasteiger partial charge in [-0.15, -0.1) is 0 Å². The molecule has 2 aromatic rings. The minimum Gasteiger partial charge on any atom is -0.376 e. The second-order valence-electron chi connectivity index (χ2n) is 8.19. The normalized spacial score (nSPS) is 18.9. The van der Waals surface area contributed by atoms with Crippen LogP contribution in [0.25, 0.3) is 0 Å². The summed E-state index contributed by atoms with van der Waals surface area (Å²) in [5.74, 6) is 2.77. The van der Waals surface area contributed by atoms with Crippen molar-refractivity contribution in [2.75, 3.05) is 50.0 Å². The Morgan fingerprint density at radius 1 is 1.10 bits per heavy atom. The summed E-state index contributed by atoms with van der Waals surface area (Å²) in [7, 11) is 0. The first-order chi connectivity index (χ1) is 15.2. The number of pyridine rings is 1. The van der Waals surface area contributed by atoms with Crippen molar-refractivity contribution in [3.8, 4) is 6.07 Å². The summed E-state index contributed by atoms with van der Waals surface area (Å²) in [5.41, 5.74) is 4.90. The summed E-state index contributed by atoms with van der Waals surface area (Å²) in [6.45, 7) is 6.04. The molecular weight excluding hydrogens is 412 g/mol. The lowest BCUT2D eigenvalue weighted by molar-refractivity contribution is 0.109. The second-order valence-corrected chi connectivity index (χ2v) is 9.29. The van der Waals surface area contributed by atoms with Gasteiger partial charge in [0.05, 0.1) is 36.7 Å². The van der Waals surface area contributed by atoms with Crippen LogP contribution in [0.15, 0.2) is 16.9 Å². The summed E-state index contributed by atoms with van der Waals surface area (Å²) in [6.07, 6.45) is 1.75. The maximum atomic E-state index is 12.4. The average molecular weight is 439 g/mol. The number of rotatable bonds is 4. The fourth-order valence-corrected chi connectivity index (χ4v) is 5.38. The smallest absolute Gasteiger partial charge is 0.267 e. The summed E-state index contributed by atoms with van der Waals surface area (Å²) in [4.78, 5) is 21.8. The van der Waals surface area contributed by atoms with Gasteiger partial charge < -0.3 is 9.64 Å². The Hall–Kier alpha value is -2.41. The van der Waals surface area contributed by atoms with E-state index in [9.17, 15) is 10.1 Å². The molecule has 8 nitrogen and oxygen atoms in total. The summed E-state index contributed by atoms with van der Waals surface area (Å²) < 4.78 is 7.12. The van der Waals surface area contributed by atoms with E-state index in [-0.39, 0.29) is 5.56 Å². The van der Waals surface area contributed by atoms with Crippen LogP contribution in [0.3, 0.4) is 0 Å². The highest BCUT2D eigenvalue weighted by Gasteiger charge is 2.23. The van der Waals surface area contributed by atoms with E-state index >= 15 is 0 Å². The predicted molar refractivity (Wildman–Crippen MR) is 119 cm³/mol. The molecule has 0 radical (unpaired) electrons. The molecule has 0 saturated carbocycles. The Balaban J connectivity index is 1.22. The van der Waals surface area contributed by atoms with E-state index < -0.39 is 0 Å². The zero-order chi connectivity index (χ0) is 21.2. The quantitative estimate of drug-likeness (QED) is 0.704. The Morgan fingerprint density at radius 3 is 2.81 bits per heavy atom. The minimum atomic E-state index is 0.000729. The van der Waals surface area contributed by atoms with Crippen LogP contribution in [0.1, 0.15) is 28.1 Å². The van der Waals surface area contributed by atoms with Gasteiger partial charge in [-0.3, -0.25) is 9.69 Å². The number of aryl methyl sites for hydroxylation is 1. The van der Waals surface area contributed by atoms with Crippen LogP contribution in [0.2, 0.25) is 0 Å². The lowest BCUT2D eigenvalue weighted by Gasteiger charge is -2.36. The van der Waals surface area contributed by atoms with Gasteiger partial charge in [0.2, 0.25) is 0 Å². The molecule has 0 atom stereocenters. The summed E-state index contributed by atoms with van der Waals surface area (Å²) >= 11 is 1.86. The summed E-state index contributed by atoms with van der Waals surface area (Å²) in [5, 5.41) is 14.2. The Kier molecular flexibility index (Phi) is 5.94. The fraction of sp³-hybridized carbons (Fsp3) is 0.545. The largest absolute Gasteiger partial charge is 0.376 e. The number of hydrogen-bond donors (Lipinski definition) is 0. The lowest BCUT2D eigenvalue weighted by Crippen LogP contribution is -2.48. The van der Waals surface area contributed by atoms with E-state index in [1.54, 1.807) is 10.7 Å². The number of fused-ring (bicyclic) bond motifs is 2. The molecule has 0 unspecified atom stereocenters. The van der Waals surface area contributed by atoms with Crippen molar-refractivity contribution in [1.82, 2.24) is 19.7 Å². The van der Waals surface area contributed by atoms with Crippen molar-refractivity contribution < 1.29 is 4.74 Å². The van der Waals surface area contributed by atoms with Gasteiger partial charge in [0.15, 0.2) is 0 Å². The third kappa shape index (κ3) is 4.33. The molecule has 0 amide bonds. The molecule has 0 aromatic carbocycles. The molecule has 0 N–H and O–H groups in total. The van der Waals surface area contributed by atoms with E-state index in [4.69, 9.17) is 9.72 Å². The monoisotopic (exact) mass is 438 g/mol. The van der Waals surface area contributed by atoms with Gasteiger partial charge in [0.1, 0.15) is 11.9 Å². The van der Waals surface area contributed by atoms with Gasteiger partial charge in [0.25, 0.3) is 5.56 Å². The van der Waals surface area contributed by atoms with Gasteiger partial charge in [-0.2, -0.15) is 22.1 Å². The SMILES string of the molecule is N#Cc1cc2c(nc1N1CCN(CCn3nc4c(cc3=O)CSCC4)CC1)CCOC2. The standard InChI is InChI=1S/C22H26N6O2S/c23-13-16-11-17-14-30-9-1-19(17)24-22(16)27-6-3-26(4-7-27)5-8-28-21(29)12-18-15-31-10-2-20(18)25-28/h11-12H,1-10,14-15H2. The number of aromatic nitrogens is 3. The van der Waals surface area contributed by atoms with Gasteiger partial charge in [-0.25, -0.2) is 9.67 Å². The zero-order valence-electron chi connectivity index (χ0n) is 17.5. The van der Waals surface area contributed by atoms with E-state index in [0.717, 1.165) is 85.4 Å². The van der Waals surface area contributed by atoms with Crippen LogP contribution in [-0.2, 0) is 36.5 Å². The van der Waals surface area contributed by atoms with E-state index in [1.807, 2.05) is 17.8 Å². The molecule has 0 aliphatic carbocycles. The Bertz CT molecular complexity index is 1070. The maximum Gasteiger partial charge on any atom is 0.267 e. The third-order valence-electron chi connectivity index (χ3n) is 6.24. The van der Waals surface area contributed by atoms with Crippen molar-refractivity contribution in [2.24, 2.45) is 0 Å². The van der Waals surface area contributed by atoms with Gasteiger partial charge in [-0.05, 0) is 17.4 Å². The molecular formula is C22H26N6O2S. The molecule has 31 heavy (non-hydrogen) atoms. The van der Waals surface area contributed by atoms with Crippen molar-refractivity contribution in [3.05, 3.63) is 50.6 Å². The molecule has 1 saturated heterocycles. The first-order valence-corrected chi connectivity index (χ1v) is 12.0. The van der Waals surface area contributed by atoms with Gasteiger partial charge in [0, 0.05) is 62.9 Å². The highest BCUT2D eigenvalue weighted by atomic mass is 32.2. The van der Waals surface area contributed by atoms with Crippen molar-refractivity contribution in [1.29, 1.82) is 5.26 Å². The van der Waals surface area contributed by atoms with Crippen LogP contribution in [0.5, 0.6) is 0 Å². The molecule has 2 aromatic heterocycles. The van der Waals surface area contributed by atoms with Gasteiger partial charge in [-0.1, -0.05) is 0 Å². The van der Waals surface area contributed by atoms with Crippen LogP contribution < -0.4 is 10.5 Å². The highest BCUT2D eigenvalue weighted by molar-refractivity contribution is 7.98. The van der Waals surface area contributed by atoms with E-state index in [1.165, 1.54) is 0 Å². The van der Waals surface area contributed by atoms with Crippen molar-refractivity contribution in [2.45, 2.75) is 31.7 Å². The summed E-state index contributed by atoms with van der Waals surface area (Å²) in [6, 6.07) is 6.02. The minimum absolute atomic E-state index is 0.000729.